The lowest BCUT2D eigenvalue weighted by molar-refractivity contribution is -0.138. The fourth-order valence-corrected chi connectivity index (χ4v) is 2.19. The van der Waals surface area contributed by atoms with Crippen molar-refractivity contribution in [3.8, 4) is 0 Å². The fraction of sp³-hybridized carbons (Fsp3) is 0.846. The molecule has 0 saturated carbocycles. The predicted octanol–water partition coefficient (Wildman–Crippen LogP) is 2.39. The van der Waals surface area contributed by atoms with Crippen LogP contribution in [0.2, 0.25) is 0 Å². The third kappa shape index (κ3) is 3.45. The first-order valence-electron chi connectivity index (χ1n) is 6.14. The summed E-state index contributed by atoms with van der Waals surface area (Å²) in [7, 11) is 0. The molecule has 4 heteroatoms. The molecule has 0 aromatic heterocycles. The molecule has 0 aliphatic carbocycles. The van der Waals surface area contributed by atoms with E-state index in [-0.39, 0.29) is 23.3 Å². The van der Waals surface area contributed by atoms with Gasteiger partial charge in [-0.15, -0.1) is 0 Å². The van der Waals surface area contributed by atoms with Crippen LogP contribution in [0.15, 0.2) is 0 Å². The summed E-state index contributed by atoms with van der Waals surface area (Å²) in [5, 5.41) is 2.81. The van der Waals surface area contributed by atoms with Crippen LogP contribution in [-0.4, -0.2) is 28.9 Å². The second-order valence-electron chi connectivity index (χ2n) is 6.99. The topological polar surface area (TPSA) is 49.4 Å². The molecule has 1 aliphatic heterocycles. The van der Waals surface area contributed by atoms with Crippen LogP contribution in [0.4, 0.5) is 4.79 Å². The Labute approximate surface area is 104 Å². The Balaban J connectivity index is 2.87. The second kappa shape index (κ2) is 4.31. The lowest BCUT2D eigenvalue weighted by atomic mass is 9.83. The van der Waals surface area contributed by atoms with Crippen molar-refractivity contribution in [2.24, 2.45) is 11.3 Å². The third-order valence-electron chi connectivity index (χ3n) is 2.80. The van der Waals surface area contributed by atoms with Crippen LogP contribution in [0.5, 0.6) is 0 Å². The maximum absolute atomic E-state index is 12.3. The summed E-state index contributed by atoms with van der Waals surface area (Å²) in [6.07, 6.45) is 0.790. The van der Waals surface area contributed by atoms with Crippen molar-refractivity contribution in [1.29, 1.82) is 0 Å². The molecule has 1 saturated heterocycles. The smallest absolute Gasteiger partial charge is 0.324 e. The molecule has 1 fully saturated rings. The summed E-state index contributed by atoms with van der Waals surface area (Å²) in [4.78, 5) is 25.4. The quantitative estimate of drug-likeness (QED) is 0.765. The average Bonchev–Trinajstić information content (AvgIpc) is 2.06. The maximum atomic E-state index is 12.3. The zero-order chi connectivity index (χ0) is 13.4. The minimum Gasteiger partial charge on any atom is -0.337 e. The van der Waals surface area contributed by atoms with E-state index >= 15 is 0 Å². The molecule has 1 unspecified atom stereocenters. The Morgan fingerprint density at radius 3 is 2.12 bits per heavy atom. The van der Waals surface area contributed by atoms with Crippen LogP contribution in [0.25, 0.3) is 0 Å². The molecule has 0 radical (unpaired) electrons. The number of imide groups is 1. The van der Waals surface area contributed by atoms with Gasteiger partial charge < -0.3 is 5.32 Å². The van der Waals surface area contributed by atoms with E-state index in [1.165, 1.54) is 4.90 Å². The van der Waals surface area contributed by atoms with Gasteiger partial charge in [-0.25, -0.2) is 4.79 Å². The van der Waals surface area contributed by atoms with Gasteiger partial charge in [0.2, 0.25) is 5.91 Å². The standard InChI is InChI=1S/C13H24N2O2/c1-12(2,3)7-9-8-14-11(17)15(10(9)16)13(4,5)6/h9H,7-8H2,1-6H3,(H,14,17). The molecule has 0 aromatic rings. The highest BCUT2D eigenvalue weighted by molar-refractivity contribution is 5.98. The first-order valence-corrected chi connectivity index (χ1v) is 6.14. The lowest BCUT2D eigenvalue weighted by Crippen LogP contribution is -2.61. The van der Waals surface area contributed by atoms with Crippen LogP contribution in [-0.2, 0) is 4.79 Å². The molecule has 0 spiro atoms. The van der Waals surface area contributed by atoms with E-state index in [0.717, 1.165) is 6.42 Å². The molecule has 0 bridgehead atoms. The highest BCUT2D eigenvalue weighted by Crippen LogP contribution is 2.29. The molecule has 4 nitrogen and oxygen atoms in total. The van der Waals surface area contributed by atoms with Gasteiger partial charge in [0.25, 0.3) is 0 Å². The van der Waals surface area contributed by atoms with Gasteiger partial charge in [0.05, 0.1) is 5.92 Å². The monoisotopic (exact) mass is 240 g/mol. The van der Waals surface area contributed by atoms with Crippen LogP contribution in [0.1, 0.15) is 48.0 Å². The van der Waals surface area contributed by atoms with Gasteiger partial charge in [0.1, 0.15) is 0 Å². The zero-order valence-electron chi connectivity index (χ0n) is 11.8. The van der Waals surface area contributed by atoms with Crippen molar-refractivity contribution in [2.45, 2.75) is 53.5 Å². The SMILES string of the molecule is CC(C)(C)CC1CNC(=O)N(C(C)(C)C)C1=O. The molecule has 17 heavy (non-hydrogen) atoms. The number of urea groups is 1. The van der Waals surface area contributed by atoms with Gasteiger partial charge >= 0.3 is 6.03 Å². The Kier molecular flexibility index (Phi) is 3.55. The van der Waals surface area contributed by atoms with Crippen molar-refractivity contribution < 1.29 is 9.59 Å². The molecule has 1 atom stereocenters. The van der Waals surface area contributed by atoms with Crippen molar-refractivity contribution >= 4 is 11.9 Å². The molecule has 0 aromatic carbocycles. The number of rotatable bonds is 1. The highest BCUT2D eigenvalue weighted by atomic mass is 16.2. The van der Waals surface area contributed by atoms with E-state index in [4.69, 9.17) is 0 Å². The van der Waals surface area contributed by atoms with Crippen molar-refractivity contribution in [3.63, 3.8) is 0 Å². The fourth-order valence-electron chi connectivity index (χ4n) is 2.19. The molecule has 1 N–H and O–H groups in total. The number of hydrogen-bond donors (Lipinski definition) is 1. The summed E-state index contributed by atoms with van der Waals surface area (Å²) in [5.41, 5.74) is -0.371. The van der Waals surface area contributed by atoms with Crippen LogP contribution in [0, 0.1) is 11.3 Å². The maximum Gasteiger partial charge on any atom is 0.324 e. The number of nitrogens with zero attached hydrogens (tertiary/aromatic N) is 1. The zero-order valence-corrected chi connectivity index (χ0v) is 11.8. The number of carbonyl (C=O) groups excluding carboxylic acids is 2. The summed E-state index contributed by atoms with van der Waals surface area (Å²) in [5.74, 6) is -0.150. The van der Waals surface area contributed by atoms with E-state index in [2.05, 4.69) is 26.1 Å². The van der Waals surface area contributed by atoms with E-state index in [9.17, 15) is 9.59 Å². The average molecular weight is 240 g/mol. The summed E-state index contributed by atoms with van der Waals surface area (Å²) < 4.78 is 0. The Bertz CT molecular complexity index is 323. The number of nitrogens with one attached hydrogen (secondary N) is 1. The summed E-state index contributed by atoms with van der Waals surface area (Å²) >= 11 is 0. The third-order valence-corrected chi connectivity index (χ3v) is 2.80. The Hall–Kier alpha value is -1.06. The van der Waals surface area contributed by atoms with E-state index in [1.54, 1.807) is 0 Å². The van der Waals surface area contributed by atoms with E-state index < -0.39 is 5.54 Å². The van der Waals surface area contributed by atoms with Gasteiger partial charge in [-0.05, 0) is 32.6 Å². The number of amides is 3. The summed E-state index contributed by atoms with van der Waals surface area (Å²) in [6, 6.07) is -0.271. The largest absolute Gasteiger partial charge is 0.337 e. The number of carbonyl (C=O) groups is 2. The molecule has 98 valence electrons. The Morgan fingerprint density at radius 2 is 1.71 bits per heavy atom. The first-order chi connectivity index (χ1) is 7.52. The molecule has 3 amide bonds. The van der Waals surface area contributed by atoms with Gasteiger partial charge in [-0.2, -0.15) is 0 Å². The van der Waals surface area contributed by atoms with Crippen molar-refractivity contribution in [1.82, 2.24) is 10.2 Å². The molecule has 1 heterocycles. The van der Waals surface area contributed by atoms with Crippen molar-refractivity contribution in [3.05, 3.63) is 0 Å². The van der Waals surface area contributed by atoms with E-state index in [1.807, 2.05) is 20.8 Å². The second-order valence-corrected chi connectivity index (χ2v) is 6.99. The number of hydrogen-bond acceptors (Lipinski definition) is 2. The van der Waals surface area contributed by atoms with Crippen molar-refractivity contribution in [2.75, 3.05) is 6.54 Å². The van der Waals surface area contributed by atoms with Crippen LogP contribution >= 0.6 is 0 Å². The highest BCUT2D eigenvalue weighted by Gasteiger charge is 2.41. The molecular formula is C13H24N2O2. The molecule has 1 aliphatic rings. The van der Waals surface area contributed by atoms with Gasteiger partial charge in [0, 0.05) is 12.1 Å². The van der Waals surface area contributed by atoms with Gasteiger partial charge in [-0.3, -0.25) is 9.69 Å². The summed E-state index contributed by atoms with van der Waals surface area (Å²) in [6.45, 7) is 12.4. The van der Waals surface area contributed by atoms with Crippen LogP contribution in [0.3, 0.4) is 0 Å². The minimum absolute atomic E-state index is 0.0452. The van der Waals surface area contributed by atoms with Crippen LogP contribution < -0.4 is 5.32 Å². The predicted molar refractivity (Wildman–Crippen MR) is 67.6 cm³/mol. The van der Waals surface area contributed by atoms with E-state index in [0.29, 0.717) is 6.54 Å². The Morgan fingerprint density at radius 1 is 1.18 bits per heavy atom. The minimum atomic E-state index is -0.461. The lowest BCUT2D eigenvalue weighted by Gasteiger charge is -2.41. The first kappa shape index (κ1) is 14.0. The molecular weight excluding hydrogens is 216 g/mol. The normalized spacial score (nSPS) is 22.7. The van der Waals surface area contributed by atoms with Gasteiger partial charge in [0.15, 0.2) is 0 Å². The molecule has 1 rings (SSSR count). The van der Waals surface area contributed by atoms with Gasteiger partial charge in [-0.1, -0.05) is 20.8 Å².